The maximum atomic E-state index is 13.7. The molecule has 1 saturated heterocycles. The standard InChI is InChI=1S/C27H38N2O2/c1-5-6-17-23-28-24(25(30)29(23)20-22-15-11-8-12-16-22)27(31,26(2,3)4)19-18-21-13-9-7-10-14-21/h7-16,23-24,28,31H,5-6,17-20H2,1-4H3/t23?,24-,27+/m1/s1. The van der Waals surface area contributed by atoms with Crippen molar-refractivity contribution in [2.24, 2.45) is 5.41 Å². The van der Waals surface area contributed by atoms with Gasteiger partial charge in [0.05, 0.1) is 11.8 Å². The molecule has 1 unspecified atom stereocenters. The van der Waals surface area contributed by atoms with E-state index in [1.54, 1.807) is 0 Å². The zero-order valence-corrected chi connectivity index (χ0v) is 19.5. The second-order valence-electron chi connectivity index (χ2n) is 9.87. The summed E-state index contributed by atoms with van der Waals surface area (Å²) in [7, 11) is 0. The number of hydrogen-bond donors (Lipinski definition) is 2. The van der Waals surface area contributed by atoms with Crippen molar-refractivity contribution < 1.29 is 9.90 Å². The van der Waals surface area contributed by atoms with Gasteiger partial charge in [0.15, 0.2) is 0 Å². The quantitative estimate of drug-likeness (QED) is 0.603. The minimum absolute atomic E-state index is 0.00967. The molecule has 4 heteroatoms. The van der Waals surface area contributed by atoms with Crippen molar-refractivity contribution in [3.63, 3.8) is 0 Å². The molecule has 3 rings (SSSR count). The number of carbonyl (C=O) groups excluding carboxylic acids is 1. The van der Waals surface area contributed by atoms with Crippen molar-refractivity contribution in [3.8, 4) is 0 Å². The first-order chi connectivity index (χ1) is 14.8. The molecule has 1 amide bonds. The second-order valence-corrected chi connectivity index (χ2v) is 9.87. The summed E-state index contributed by atoms with van der Waals surface area (Å²) in [5.74, 6) is 0.00967. The Labute approximate surface area is 187 Å². The van der Waals surface area contributed by atoms with Gasteiger partial charge in [0.1, 0.15) is 6.04 Å². The Morgan fingerprint density at radius 3 is 2.10 bits per heavy atom. The van der Waals surface area contributed by atoms with Gasteiger partial charge in [0, 0.05) is 6.54 Å². The highest BCUT2D eigenvalue weighted by molar-refractivity contribution is 5.86. The van der Waals surface area contributed by atoms with E-state index in [4.69, 9.17) is 0 Å². The zero-order chi connectivity index (χ0) is 22.5. The number of nitrogens with one attached hydrogen (secondary N) is 1. The summed E-state index contributed by atoms with van der Waals surface area (Å²) in [5.41, 5.74) is 0.686. The van der Waals surface area contributed by atoms with Gasteiger partial charge < -0.3 is 10.0 Å². The summed E-state index contributed by atoms with van der Waals surface area (Å²) in [5, 5.41) is 15.6. The van der Waals surface area contributed by atoms with Crippen LogP contribution in [-0.2, 0) is 17.8 Å². The first kappa shape index (κ1) is 23.5. The molecule has 2 aromatic carbocycles. The number of aryl methyl sites for hydroxylation is 1. The smallest absolute Gasteiger partial charge is 0.244 e. The molecule has 1 aliphatic rings. The second kappa shape index (κ2) is 9.97. The number of hydrogen-bond acceptors (Lipinski definition) is 3. The highest BCUT2D eigenvalue weighted by atomic mass is 16.3. The molecule has 1 heterocycles. The highest BCUT2D eigenvalue weighted by Crippen LogP contribution is 2.40. The van der Waals surface area contributed by atoms with Crippen LogP contribution in [-0.4, -0.2) is 33.7 Å². The largest absolute Gasteiger partial charge is 0.387 e. The van der Waals surface area contributed by atoms with Crippen molar-refractivity contribution in [1.29, 1.82) is 0 Å². The lowest BCUT2D eigenvalue weighted by Gasteiger charge is -2.44. The molecule has 0 bridgehead atoms. The van der Waals surface area contributed by atoms with E-state index >= 15 is 0 Å². The van der Waals surface area contributed by atoms with Gasteiger partial charge in [-0.15, -0.1) is 0 Å². The minimum Gasteiger partial charge on any atom is -0.387 e. The molecule has 0 radical (unpaired) electrons. The normalized spacial score (nSPS) is 21.3. The lowest BCUT2D eigenvalue weighted by molar-refractivity contribution is -0.143. The van der Waals surface area contributed by atoms with Gasteiger partial charge in [-0.3, -0.25) is 10.1 Å². The van der Waals surface area contributed by atoms with E-state index in [0.717, 1.165) is 31.2 Å². The predicted molar refractivity (Wildman–Crippen MR) is 126 cm³/mol. The average Bonchev–Trinajstić information content (AvgIpc) is 3.07. The lowest BCUT2D eigenvalue weighted by atomic mass is 9.69. The Kier molecular flexibility index (Phi) is 7.55. The number of carbonyl (C=O) groups is 1. The molecular weight excluding hydrogens is 384 g/mol. The van der Waals surface area contributed by atoms with Crippen molar-refractivity contribution in [1.82, 2.24) is 10.2 Å². The molecule has 1 fully saturated rings. The maximum absolute atomic E-state index is 13.7. The Balaban J connectivity index is 1.86. The fourth-order valence-corrected chi connectivity index (χ4v) is 4.55. The molecule has 2 N–H and O–H groups in total. The SMILES string of the molecule is CCCCC1N[C@@H]([C@@](O)(CCc2ccccc2)C(C)(C)C)C(=O)N1Cc1ccccc1. The van der Waals surface area contributed by atoms with Crippen LogP contribution in [0.25, 0.3) is 0 Å². The summed E-state index contributed by atoms with van der Waals surface area (Å²) in [6.07, 6.45) is 4.23. The van der Waals surface area contributed by atoms with Gasteiger partial charge >= 0.3 is 0 Å². The molecule has 3 atom stereocenters. The van der Waals surface area contributed by atoms with Gasteiger partial charge in [-0.25, -0.2) is 0 Å². The molecule has 1 aliphatic heterocycles. The van der Waals surface area contributed by atoms with E-state index < -0.39 is 17.1 Å². The predicted octanol–water partition coefficient (Wildman–Crippen LogP) is 4.91. The lowest BCUT2D eigenvalue weighted by Crippen LogP contribution is -2.60. The number of benzene rings is 2. The number of aliphatic hydroxyl groups is 1. The molecule has 2 aromatic rings. The van der Waals surface area contributed by atoms with Crippen LogP contribution in [0.15, 0.2) is 60.7 Å². The van der Waals surface area contributed by atoms with Crippen LogP contribution < -0.4 is 5.32 Å². The third-order valence-corrected chi connectivity index (χ3v) is 6.71. The monoisotopic (exact) mass is 422 g/mol. The Morgan fingerprint density at radius 2 is 1.55 bits per heavy atom. The number of nitrogens with zero attached hydrogens (tertiary/aromatic N) is 1. The molecule has 0 aliphatic carbocycles. The van der Waals surface area contributed by atoms with Crippen LogP contribution >= 0.6 is 0 Å². The number of amides is 1. The fourth-order valence-electron chi connectivity index (χ4n) is 4.55. The number of rotatable bonds is 9. The highest BCUT2D eigenvalue weighted by Gasteiger charge is 2.54. The van der Waals surface area contributed by atoms with Crippen molar-refractivity contribution in [3.05, 3.63) is 71.8 Å². The topological polar surface area (TPSA) is 52.6 Å². The van der Waals surface area contributed by atoms with Gasteiger partial charge in [0.25, 0.3) is 0 Å². The third kappa shape index (κ3) is 5.36. The third-order valence-electron chi connectivity index (χ3n) is 6.71. The molecule has 0 aromatic heterocycles. The van der Waals surface area contributed by atoms with E-state index in [1.807, 2.05) is 62.1 Å². The molecule has 31 heavy (non-hydrogen) atoms. The van der Waals surface area contributed by atoms with Crippen molar-refractivity contribution in [2.75, 3.05) is 0 Å². The van der Waals surface area contributed by atoms with Crippen LogP contribution in [0.2, 0.25) is 0 Å². The van der Waals surface area contributed by atoms with E-state index in [-0.39, 0.29) is 12.1 Å². The van der Waals surface area contributed by atoms with Crippen LogP contribution in [0.5, 0.6) is 0 Å². The maximum Gasteiger partial charge on any atom is 0.244 e. The Hall–Kier alpha value is -2.17. The first-order valence-electron chi connectivity index (χ1n) is 11.6. The summed E-state index contributed by atoms with van der Waals surface area (Å²) in [6.45, 7) is 8.84. The van der Waals surface area contributed by atoms with Gasteiger partial charge in [-0.1, -0.05) is 101 Å². The van der Waals surface area contributed by atoms with Crippen molar-refractivity contribution in [2.45, 2.75) is 84.2 Å². The van der Waals surface area contributed by atoms with Crippen molar-refractivity contribution >= 4 is 5.91 Å². The minimum atomic E-state index is -1.16. The van der Waals surface area contributed by atoms with Crippen LogP contribution in [0, 0.1) is 5.41 Å². The van der Waals surface area contributed by atoms with Crippen LogP contribution in [0.3, 0.4) is 0 Å². The van der Waals surface area contributed by atoms with Crippen LogP contribution in [0.4, 0.5) is 0 Å². The Bertz CT molecular complexity index is 831. The zero-order valence-electron chi connectivity index (χ0n) is 19.5. The fraction of sp³-hybridized carbons (Fsp3) is 0.519. The van der Waals surface area contributed by atoms with Crippen LogP contribution in [0.1, 0.15) is 64.5 Å². The average molecular weight is 423 g/mol. The molecular formula is C27H38N2O2. The first-order valence-corrected chi connectivity index (χ1v) is 11.6. The summed E-state index contributed by atoms with van der Waals surface area (Å²) in [4.78, 5) is 15.6. The van der Waals surface area contributed by atoms with E-state index in [1.165, 1.54) is 5.56 Å². The summed E-state index contributed by atoms with van der Waals surface area (Å²) >= 11 is 0. The van der Waals surface area contributed by atoms with Gasteiger partial charge in [-0.05, 0) is 35.8 Å². The molecule has 0 spiro atoms. The number of unbranched alkanes of at least 4 members (excludes halogenated alkanes) is 1. The van der Waals surface area contributed by atoms with Gasteiger partial charge in [0.2, 0.25) is 5.91 Å². The van der Waals surface area contributed by atoms with E-state index in [2.05, 4.69) is 36.5 Å². The molecule has 0 saturated carbocycles. The molecule has 4 nitrogen and oxygen atoms in total. The van der Waals surface area contributed by atoms with E-state index in [9.17, 15) is 9.90 Å². The molecule has 168 valence electrons. The Morgan fingerprint density at radius 1 is 0.968 bits per heavy atom. The van der Waals surface area contributed by atoms with Gasteiger partial charge in [-0.2, -0.15) is 0 Å². The summed E-state index contributed by atoms with van der Waals surface area (Å²) < 4.78 is 0. The van der Waals surface area contributed by atoms with E-state index in [0.29, 0.717) is 13.0 Å². The summed E-state index contributed by atoms with van der Waals surface area (Å²) in [6, 6.07) is 19.7.